The van der Waals surface area contributed by atoms with Crippen LogP contribution < -0.4 is 5.30 Å². The van der Waals surface area contributed by atoms with E-state index in [4.69, 9.17) is 0 Å². The van der Waals surface area contributed by atoms with Crippen molar-refractivity contribution in [3.05, 3.63) is 185 Å². The molecule has 5 aromatic rings. The van der Waals surface area contributed by atoms with Gasteiger partial charge in [-0.1, -0.05) is 140 Å². The number of rotatable bonds is 3. The summed E-state index contributed by atoms with van der Waals surface area (Å²) in [6.07, 6.45) is 2.58. The average molecular weight is 489 g/mol. The highest BCUT2D eigenvalue weighted by Gasteiger charge is 2.60. The van der Waals surface area contributed by atoms with Crippen LogP contribution in [0.25, 0.3) is 10.9 Å². The van der Waals surface area contributed by atoms with Crippen molar-refractivity contribution in [1.82, 2.24) is 0 Å². The molecular formula is C36H25P. The number of allylic oxidation sites excluding steroid dienone is 3. The van der Waals surface area contributed by atoms with Crippen molar-refractivity contribution in [1.29, 1.82) is 0 Å². The molecule has 1 aliphatic heterocycles. The van der Waals surface area contributed by atoms with Gasteiger partial charge in [-0.05, 0) is 69.1 Å². The summed E-state index contributed by atoms with van der Waals surface area (Å²) in [5, 5.41) is 2.69. The Morgan fingerprint density at radius 2 is 0.973 bits per heavy atom. The summed E-state index contributed by atoms with van der Waals surface area (Å²) in [7, 11) is -0.771. The molecule has 2 bridgehead atoms. The molecule has 3 aliphatic carbocycles. The minimum atomic E-state index is -0.771. The minimum absolute atomic E-state index is 0.213. The summed E-state index contributed by atoms with van der Waals surface area (Å²) in [6.45, 7) is 0. The molecule has 1 spiro atoms. The number of benzene rings is 5. The molecule has 0 aromatic heterocycles. The molecule has 4 aliphatic rings. The summed E-state index contributed by atoms with van der Waals surface area (Å²) in [5.74, 6) is 0.241. The van der Waals surface area contributed by atoms with Crippen LogP contribution in [0.5, 0.6) is 0 Å². The topological polar surface area (TPSA) is 0 Å². The summed E-state index contributed by atoms with van der Waals surface area (Å²) in [5.41, 5.74) is 11.6. The zero-order valence-electron chi connectivity index (χ0n) is 20.4. The van der Waals surface area contributed by atoms with E-state index in [2.05, 4.69) is 146 Å². The lowest BCUT2D eigenvalue weighted by atomic mass is 9.59. The van der Waals surface area contributed by atoms with Gasteiger partial charge in [0, 0.05) is 5.92 Å². The third-order valence-electron chi connectivity index (χ3n) is 8.32. The van der Waals surface area contributed by atoms with Crippen molar-refractivity contribution in [2.45, 2.75) is 11.1 Å². The van der Waals surface area contributed by atoms with Gasteiger partial charge in [0.15, 0.2) is 0 Å². The van der Waals surface area contributed by atoms with Crippen molar-refractivity contribution in [2.24, 2.45) is 0 Å². The third-order valence-corrected chi connectivity index (χ3v) is 11.4. The van der Waals surface area contributed by atoms with Crippen LogP contribution in [0.3, 0.4) is 0 Å². The van der Waals surface area contributed by atoms with E-state index in [9.17, 15) is 0 Å². The van der Waals surface area contributed by atoms with Crippen LogP contribution in [-0.4, -0.2) is 0 Å². The molecule has 1 heteroatoms. The second kappa shape index (κ2) is 8.01. The van der Waals surface area contributed by atoms with Crippen molar-refractivity contribution in [3.63, 3.8) is 0 Å². The van der Waals surface area contributed by atoms with Gasteiger partial charge in [-0.2, -0.15) is 0 Å². The lowest BCUT2D eigenvalue weighted by Gasteiger charge is -2.52. The minimum Gasteiger partial charge on any atom is -0.0622 e. The van der Waals surface area contributed by atoms with Gasteiger partial charge in [-0.15, -0.1) is 0 Å². The summed E-state index contributed by atoms with van der Waals surface area (Å²) in [6, 6.07) is 52.0. The smallest absolute Gasteiger partial charge is 0.0622 e. The molecule has 174 valence electrons. The molecule has 1 heterocycles. The summed E-state index contributed by atoms with van der Waals surface area (Å²) in [4.78, 5) is 0. The fourth-order valence-electron chi connectivity index (χ4n) is 7.02. The Kier molecular flexibility index (Phi) is 4.57. The molecule has 1 unspecified atom stereocenters. The van der Waals surface area contributed by atoms with Crippen LogP contribution in [0.4, 0.5) is 0 Å². The first-order valence-corrected chi connectivity index (χ1v) is 14.3. The van der Waals surface area contributed by atoms with Crippen LogP contribution in [-0.2, 0) is 5.16 Å². The largest absolute Gasteiger partial charge is 0.0741 e. The lowest BCUT2D eigenvalue weighted by Crippen LogP contribution is -2.40. The molecule has 0 N–H and O–H groups in total. The van der Waals surface area contributed by atoms with Crippen LogP contribution in [0.1, 0.15) is 39.3 Å². The van der Waals surface area contributed by atoms with Gasteiger partial charge < -0.3 is 0 Å². The van der Waals surface area contributed by atoms with Gasteiger partial charge >= 0.3 is 0 Å². The van der Waals surface area contributed by atoms with Crippen LogP contribution in [0.2, 0.25) is 0 Å². The van der Waals surface area contributed by atoms with Gasteiger partial charge in [0.25, 0.3) is 0 Å². The predicted octanol–water partition coefficient (Wildman–Crippen LogP) is 8.71. The van der Waals surface area contributed by atoms with Crippen molar-refractivity contribution in [2.75, 3.05) is 0 Å². The van der Waals surface area contributed by atoms with E-state index in [-0.39, 0.29) is 11.1 Å². The van der Waals surface area contributed by atoms with Crippen molar-refractivity contribution >= 4 is 24.1 Å². The first-order chi connectivity index (χ1) is 18.4. The Hall–Kier alpha value is -3.99. The average Bonchev–Trinajstić information content (AvgIpc) is 3.35. The fourth-order valence-corrected chi connectivity index (χ4v) is 10.5. The van der Waals surface area contributed by atoms with E-state index in [0.29, 0.717) is 0 Å². The predicted molar refractivity (Wildman–Crippen MR) is 156 cm³/mol. The van der Waals surface area contributed by atoms with Gasteiger partial charge in [-0.25, -0.2) is 0 Å². The zero-order valence-corrected chi connectivity index (χ0v) is 21.3. The van der Waals surface area contributed by atoms with Crippen LogP contribution >= 0.6 is 7.92 Å². The van der Waals surface area contributed by atoms with E-state index < -0.39 is 7.92 Å². The number of hydrogen-bond donors (Lipinski definition) is 0. The Balaban J connectivity index is 1.57. The third kappa shape index (κ3) is 2.77. The van der Waals surface area contributed by atoms with Crippen LogP contribution in [0, 0.1) is 0 Å². The molecule has 0 nitrogen and oxygen atoms in total. The van der Waals surface area contributed by atoms with Gasteiger partial charge in [0.05, 0.1) is 5.16 Å². The molecular weight excluding hydrogens is 463 g/mol. The van der Waals surface area contributed by atoms with Gasteiger partial charge in [-0.3, -0.25) is 0 Å². The monoisotopic (exact) mass is 488 g/mol. The van der Waals surface area contributed by atoms with Gasteiger partial charge in [0.1, 0.15) is 0 Å². The highest BCUT2D eigenvalue weighted by Crippen LogP contribution is 2.80. The first-order valence-electron chi connectivity index (χ1n) is 13.0. The lowest BCUT2D eigenvalue weighted by molar-refractivity contribution is 0.753. The zero-order chi connectivity index (χ0) is 24.4. The molecule has 1 atom stereocenters. The molecule has 9 rings (SSSR count). The number of hydrogen-bond acceptors (Lipinski definition) is 0. The Bertz CT molecular complexity index is 1660. The second-order valence-electron chi connectivity index (χ2n) is 10.1. The molecule has 37 heavy (non-hydrogen) atoms. The van der Waals surface area contributed by atoms with Crippen LogP contribution in [0.15, 0.2) is 151 Å². The summed E-state index contributed by atoms with van der Waals surface area (Å²) < 4.78 is 0. The Labute approximate surface area is 219 Å². The van der Waals surface area contributed by atoms with E-state index in [0.717, 1.165) is 0 Å². The quantitative estimate of drug-likeness (QED) is 0.223. The standard InChI is InChI=1S/C36H25P/c1-4-14-25(15-5-1)33-24-32-34(26-16-6-2-7-17-26)35-28-20-10-12-22-30(28)36(32,31-23-13-11-21-29(31)35)37(33)27-18-8-3-9-19-27/h1-24,35H. The van der Waals surface area contributed by atoms with E-state index in [1.165, 1.54) is 55.1 Å². The Morgan fingerprint density at radius 1 is 0.486 bits per heavy atom. The second-order valence-corrected chi connectivity index (χ2v) is 12.4. The molecule has 5 aromatic carbocycles. The van der Waals surface area contributed by atoms with Gasteiger partial charge in [0.2, 0.25) is 0 Å². The maximum absolute atomic E-state index is 2.58. The van der Waals surface area contributed by atoms with E-state index in [1.54, 1.807) is 0 Å². The molecule has 0 radical (unpaired) electrons. The Morgan fingerprint density at radius 3 is 1.57 bits per heavy atom. The van der Waals surface area contributed by atoms with E-state index in [1.807, 2.05) is 0 Å². The molecule has 0 amide bonds. The molecule has 0 saturated carbocycles. The maximum Gasteiger partial charge on any atom is 0.0741 e. The molecule has 0 saturated heterocycles. The molecule has 0 fully saturated rings. The summed E-state index contributed by atoms with van der Waals surface area (Å²) >= 11 is 0. The van der Waals surface area contributed by atoms with E-state index >= 15 is 0 Å². The van der Waals surface area contributed by atoms with Crippen molar-refractivity contribution < 1.29 is 0 Å². The normalized spacial score (nSPS) is 22.8. The highest BCUT2D eigenvalue weighted by molar-refractivity contribution is 7.77. The maximum atomic E-state index is 2.58. The SMILES string of the molecule is C1=C(c2ccccc2)P(c2ccccc2)C23C1=C(c1ccccc1)C(c1ccccc12)c1ccccc13. The highest BCUT2D eigenvalue weighted by atomic mass is 31.1. The fraction of sp³-hybridized carbons (Fsp3) is 0.0556. The van der Waals surface area contributed by atoms with Crippen molar-refractivity contribution in [3.8, 4) is 0 Å². The first kappa shape index (κ1) is 21.1.